The van der Waals surface area contributed by atoms with E-state index < -0.39 is 5.60 Å². The molecule has 92 valence electrons. The van der Waals surface area contributed by atoms with Gasteiger partial charge in [0.1, 0.15) is 6.29 Å². The van der Waals surface area contributed by atoms with Gasteiger partial charge >= 0.3 is 0 Å². The normalized spacial score (nSPS) is 28.8. The third-order valence-electron chi connectivity index (χ3n) is 5.16. The standard InChI is InChI=1S/C15H20O2/c1-13(2)11-8-6-7-10(9-16)12(11)15(5,17)14(13,3)4/h6-9,17H,1-5H3. The lowest BCUT2D eigenvalue weighted by Gasteiger charge is -2.43. The molecule has 1 unspecified atom stereocenters. The van der Waals surface area contributed by atoms with Crippen LogP contribution < -0.4 is 0 Å². The second kappa shape index (κ2) is 3.20. The van der Waals surface area contributed by atoms with Crippen LogP contribution in [0.15, 0.2) is 18.2 Å². The summed E-state index contributed by atoms with van der Waals surface area (Å²) in [5.74, 6) is 0. The largest absolute Gasteiger partial charge is 0.385 e. The van der Waals surface area contributed by atoms with Crippen LogP contribution in [0.5, 0.6) is 0 Å². The summed E-state index contributed by atoms with van der Waals surface area (Å²) in [6.45, 7) is 10.2. The van der Waals surface area contributed by atoms with E-state index >= 15 is 0 Å². The highest BCUT2D eigenvalue weighted by Crippen LogP contribution is 2.60. The molecule has 0 radical (unpaired) electrons. The lowest BCUT2D eigenvalue weighted by Crippen LogP contribution is -2.44. The van der Waals surface area contributed by atoms with Crippen molar-refractivity contribution in [2.24, 2.45) is 5.41 Å². The number of carbonyl (C=O) groups excluding carboxylic acids is 1. The van der Waals surface area contributed by atoms with E-state index in [1.54, 1.807) is 6.07 Å². The summed E-state index contributed by atoms with van der Waals surface area (Å²) in [5, 5.41) is 10.9. The van der Waals surface area contributed by atoms with Crippen LogP contribution in [0.2, 0.25) is 0 Å². The lowest BCUT2D eigenvalue weighted by molar-refractivity contribution is -0.0731. The molecule has 2 nitrogen and oxygen atoms in total. The third kappa shape index (κ3) is 1.22. The van der Waals surface area contributed by atoms with Crippen LogP contribution in [0.3, 0.4) is 0 Å². The molecule has 0 bridgehead atoms. The maximum Gasteiger partial charge on any atom is 0.150 e. The number of rotatable bonds is 1. The van der Waals surface area contributed by atoms with Crippen LogP contribution >= 0.6 is 0 Å². The molecule has 1 aromatic rings. The average Bonchev–Trinajstić information content (AvgIpc) is 2.36. The zero-order valence-electron chi connectivity index (χ0n) is 11.2. The van der Waals surface area contributed by atoms with Gasteiger partial charge < -0.3 is 5.11 Å². The molecule has 1 aliphatic rings. The van der Waals surface area contributed by atoms with Crippen LogP contribution in [0.4, 0.5) is 0 Å². The number of hydrogen-bond donors (Lipinski definition) is 1. The summed E-state index contributed by atoms with van der Waals surface area (Å²) in [6, 6.07) is 5.69. The van der Waals surface area contributed by atoms with Gasteiger partial charge in [-0.05, 0) is 23.5 Å². The first kappa shape index (κ1) is 12.3. The molecule has 0 spiro atoms. The van der Waals surface area contributed by atoms with Crippen molar-refractivity contribution in [1.82, 2.24) is 0 Å². The Morgan fingerprint density at radius 1 is 1.12 bits per heavy atom. The molecule has 1 N–H and O–H groups in total. The number of benzene rings is 1. The highest BCUT2D eigenvalue weighted by molar-refractivity contribution is 5.80. The van der Waals surface area contributed by atoms with Gasteiger partial charge in [0.05, 0.1) is 5.60 Å². The first-order chi connectivity index (χ1) is 7.68. The van der Waals surface area contributed by atoms with E-state index in [9.17, 15) is 9.90 Å². The molecule has 1 aromatic carbocycles. The molecule has 0 aromatic heterocycles. The van der Waals surface area contributed by atoms with Crippen molar-refractivity contribution in [3.8, 4) is 0 Å². The van der Waals surface area contributed by atoms with Gasteiger partial charge in [-0.3, -0.25) is 4.79 Å². The Labute approximate surface area is 103 Å². The van der Waals surface area contributed by atoms with Crippen molar-refractivity contribution >= 4 is 6.29 Å². The van der Waals surface area contributed by atoms with E-state index in [0.717, 1.165) is 17.4 Å². The van der Waals surface area contributed by atoms with Gasteiger partial charge in [-0.2, -0.15) is 0 Å². The van der Waals surface area contributed by atoms with Crippen molar-refractivity contribution in [2.45, 2.75) is 45.6 Å². The Kier molecular flexibility index (Phi) is 2.32. The molecule has 0 amide bonds. The number of aliphatic hydroxyl groups is 1. The van der Waals surface area contributed by atoms with E-state index in [0.29, 0.717) is 5.56 Å². The van der Waals surface area contributed by atoms with Gasteiger partial charge in [-0.25, -0.2) is 0 Å². The van der Waals surface area contributed by atoms with Crippen LogP contribution in [-0.4, -0.2) is 11.4 Å². The molecule has 0 saturated heterocycles. The fourth-order valence-electron chi connectivity index (χ4n) is 2.99. The topological polar surface area (TPSA) is 37.3 Å². The van der Waals surface area contributed by atoms with Crippen molar-refractivity contribution in [1.29, 1.82) is 0 Å². The van der Waals surface area contributed by atoms with E-state index in [1.807, 2.05) is 19.1 Å². The minimum atomic E-state index is -0.983. The van der Waals surface area contributed by atoms with Crippen molar-refractivity contribution in [3.05, 3.63) is 34.9 Å². The molecule has 1 atom stereocenters. The zero-order chi connectivity index (χ0) is 13.1. The second-order valence-electron chi connectivity index (χ2n) is 6.21. The molecular weight excluding hydrogens is 212 g/mol. The fourth-order valence-corrected chi connectivity index (χ4v) is 2.99. The third-order valence-corrected chi connectivity index (χ3v) is 5.16. The summed E-state index contributed by atoms with van der Waals surface area (Å²) < 4.78 is 0. The van der Waals surface area contributed by atoms with Crippen LogP contribution in [0, 0.1) is 5.41 Å². The summed E-state index contributed by atoms with van der Waals surface area (Å²) in [4.78, 5) is 11.2. The predicted molar refractivity (Wildman–Crippen MR) is 68.2 cm³/mol. The zero-order valence-corrected chi connectivity index (χ0v) is 11.2. The number of fused-ring (bicyclic) bond motifs is 1. The van der Waals surface area contributed by atoms with Crippen molar-refractivity contribution in [3.63, 3.8) is 0 Å². The van der Waals surface area contributed by atoms with E-state index in [2.05, 4.69) is 27.7 Å². The molecule has 0 saturated carbocycles. The predicted octanol–water partition coefficient (Wildman–Crippen LogP) is 3.02. The first-order valence-corrected chi connectivity index (χ1v) is 5.99. The fraction of sp³-hybridized carbons (Fsp3) is 0.533. The Morgan fingerprint density at radius 2 is 1.71 bits per heavy atom. The Hall–Kier alpha value is -1.15. The van der Waals surface area contributed by atoms with Gasteiger partial charge in [0.2, 0.25) is 0 Å². The highest BCUT2D eigenvalue weighted by Gasteiger charge is 2.59. The summed E-state index contributed by atoms with van der Waals surface area (Å²) in [7, 11) is 0. The van der Waals surface area contributed by atoms with Crippen molar-refractivity contribution < 1.29 is 9.90 Å². The minimum Gasteiger partial charge on any atom is -0.385 e. The van der Waals surface area contributed by atoms with Crippen LogP contribution in [0.1, 0.15) is 56.1 Å². The van der Waals surface area contributed by atoms with Gasteiger partial charge in [-0.1, -0.05) is 45.9 Å². The summed E-state index contributed by atoms with van der Waals surface area (Å²) in [6.07, 6.45) is 0.838. The lowest BCUT2D eigenvalue weighted by atomic mass is 9.63. The quantitative estimate of drug-likeness (QED) is 0.756. The van der Waals surface area contributed by atoms with Crippen molar-refractivity contribution in [2.75, 3.05) is 0 Å². The molecule has 0 fully saturated rings. The Morgan fingerprint density at radius 3 is 2.24 bits per heavy atom. The smallest absolute Gasteiger partial charge is 0.150 e. The van der Waals surface area contributed by atoms with Crippen LogP contribution in [0.25, 0.3) is 0 Å². The highest BCUT2D eigenvalue weighted by atomic mass is 16.3. The summed E-state index contributed by atoms with van der Waals surface area (Å²) >= 11 is 0. The minimum absolute atomic E-state index is 0.162. The molecule has 2 rings (SSSR count). The van der Waals surface area contributed by atoms with E-state index in [1.165, 1.54) is 0 Å². The van der Waals surface area contributed by atoms with E-state index in [-0.39, 0.29) is 10.8 Å². The molecular formula is C15H20O2. The monoisotopic (exact) mass is 232 g/mol. The van der Waals surface area contributed by atoms with Gasteiger partial charge in [0, 0.05) is 11.0 Å². The maximum absolute atomic E-state index is 11.2. The van der Waals surface area contributed by atoms with Crippen LogP contribution in [-0.2, 0) is 11.0 Å². The van der Waals surface area contributed by atoms with Gasteiger partial charge in [-0.15, -0.1) is 0 Å². The molecule has 17 heavy (non-hydrogen) atoms. The first-order valence-electron chi connectivity index (χ1n) is 5.99. The number of aldehydes is 1. The number of carbonyl (C=O) groups is 1. The molecule has 2 heteroatoms. The van der Waals surface area contributed by atoms with Gasteiger partial charge in [0.25, 0.3) is 0 Å². The maximum atomic E-state index is 11.2. The van der Waals surface area contributed by atoms with E-state index in [4.69, 9.17) is 0 Å². The summed E-state index contributed by atoms with van der Waals surface area (Å²) in [5.41, 5.74) is 1.02. The Balaban J connectivity index is 2.87. The SMILES string of the molecule is CC1(C)c2cccc(C=O)c2C(C)(O)C1(C)C. The number of hydrogen-bond acceptors (Lipinski definition) is 2. The second-order valence-corrected chi connectivity index (χ2v) is 6.21. The average molecular weight is 232 g/mol. The molecule has 1 aliphatic carbocycles. The van der Waals surface area contributed by atoms with Gasteiger partial charge in [0.15, 0.2) is 0 Å². The Bertz CT molecular complexity index is 482. The molecule has 0 aliphatic heterocycles. The molecule has 0 heterocycles.